The van der Waals surface area contributed by atoms with Crippen LogP contribution in [0.3, 0.4) is 0 Å². The summed E-state index contributed by atoms with van der Waals surface area (Å²) in [5.74, 6) is 6.46. The highest BCUT2D eigenvalue weighted by Gasteiger charge is 2.16. The van der Waals surface area contributed by atoms with Gasteiger partial charge in [0.15, 0.2) is 0 Å². The van der Waals surface area contributed by atoms with Gasteiger partial charge in [-0.05, 0) is 41.2 Å². The van der Waals surface area contributed by atoms with Gasteiger partial charge in [-0.3, -0.25) is 5.84 Å². The second-order valence-electron chi connectivity index (χ2n) is 5.61. The lowest BCUT2D eigenvalue weighted by atomic mass is 9.95. The molecule has 0 aromatic heterocycles. The van der Waals surface area contributed by atoms with Gasteiger partial charge in [0.05, 0.1) is 6.04 Å². The van der Waals surface area contributed by atoms with E-state index in [0.717, 1.165) is 20.9 Å². The zero-order valence-electron chi connectivity index (χ0n) is 12.2. The maximum absolute atomic E-state index is 5.81. The Morgan fingerprint density at radius 2 is 1.86 bits per heavy atom. The summed E-state index contributed by atoms with van der Waals surface area (Å²) in [6.07, 6.45) is 1.08. The van der Waals surface area contributed by atoms with E-state index < -0.39 is 0 Å². The Labute approximate surface area is 143 Å². The molecule has 0 saturated heterocycles. The minimum atomic E-state index is -0.0282. The molecule has 0 aliphatic rings. The highest BCUT2D eigenvalue weighted by atomic mass is 79.9. The number of benzene rings is 2. The normalized spacial score (nSPS) is 12.7. The van der Waals surface area contributed by atoms with E-state index in [0.29, 0.717) is 5.92 Å². The van der Waals surface area contributed by atoms with E-state index in [1.165, 1.54) is 11.1 Å². The van der Waals surface area contributed by atoms with E-state index in [1.807, 2.05) is 12.1 Å². The van der Waals surface area contributed by atoms with Crippen LogP contribution < -0.4 is 11.3 Å². The van der Waals surface area contributed by atoms with Gasteiger partial charge in [-0.25, -0.2) is 5.43 Å². The third kappa shape index (κ3) is 4.39. The fourth-order valence-corrected chi connectivity index (χ4v) is 3.75. The lowest BCUT2D eigenvalue weighted by Gasteiger charge is -2.19. The maximum atomic E-state index is 5.81. The standard InChI is InChI=1S/C17H20Br2N2/c1-11(2)8-12-4-3-5-13(9-12)17(21-20)15-7-6-14(18)10-16(15)19/h3-7,9-11,17,21H,8,20H2,1-2H3. The first-order valence-corrected chi connectivity index (χ1v) is 8.59. The molecule has 2 aromatic rings. The molecule has 0 heterocycles. The van der Waals surface area contributed by atoms with Crippen molar-refractivity contribution in [1.82, 2.24) is 5.43 Å². The van der Waals surface area contributed by atoms with Crippen LogP contribution >= 0.6 is 31.9 Å². The smallest absolute Gasteiger partial charge is 0.0721 e. The molecule has 2 nitrogen and oxygen atoms in total. The zero-order valence-corrected chi connectivity index (χ0v) is 15.4. The molecule has 4 heteroatoms. The van der Waals surface area contributed by atoms with Crippen LogP contribution in [0.25, 0.3) is 0 Å². The summed E-state index contributed by atoms with van der Waals surface area (Å²) in [6, 6.07) is 14.7. The largest absolute Gasteiger partial charge is 0.271 e. The van der Waals surface area contributed by atoms with Gasteiger partial charge in [0, 0.05) is 8.95 Å². The third-order valence-corrected chi connectivity index (χ3v) is 4.55. The minimum absolute atomic E-state index is 0.0282. The quantitative estimate of drug-likeness (QED) is 0.538. The van der Waals surface area contributed by atoms with Crippen LogP contribution in [0, 0.1) is 5.92 Å². The Kier molecular flexibility index (Phi) is 5.99. The highest BCUT2D eigenvalue weighted by molar-refractivity contribution is 9.11. The van der Waals surface area contributed by atoms with Gasteiger partial charge in [-0.1, -0.05) is 76.0 Å². The summed E-state index contributed by atoms with van der Waals surface area (Å²) in [5.41, 5.74) is 6.58. The van der Waals surface area contributed by atoms with E-state index in [-0.39, 0.29) is 6.04 Å². The molecule has 0 bridgehead atoms. The van der Waals surface area contributed by atoms with Gasteiger partial charge in [0.1, 0.15) is 0 Å². The number of rotatable bonds is 5. The highest BCUT2D eigenvalue weighted by Crippen LogP contribution is 2.31. The van der Waals surface area contributed by atoms with E-state index in [2.05, 4.69) is 81.5 Å². The monoisotopic (exact) mass is 410 g/mol. The Morgan fingerprint density at radius 3 is 2.48 bits per heavy atom. The molecule has 2 rings (SSSR count). The molecule has 2 aromatic carbocycles. The lowest BCUT2D eigenvalue weighted by Crippen LogP contribution is -2.29. The fraction of sp³-hybridized carbons (Fsp3) is 0.294. The fourth-order valence-electron chi connectivity index (χ4n) is 2.47. The van der Waals surface area contributed by atoms with Crippen LogP contribution in [0.2, 0.25) is 0 Å². The Hall–Kier alpha value is -0.680. The average molecular weight is 412 g/mol. The van der Waals surface area contributed by atoms with Crippen molar-refractivity contribution in [3.63, 3.8) is 0 Å². The van der Waals surface area contributed by atoms with Crippen molar-refractivity contribution < 1.29 is 0 Å². The van der Waals surface area contributed by atoms with Crippen LogP contribution in [-0.2, 0) is 6.42 Å². The molecule has 1 unspecified atom stereocenters. The minimum Gasteiger partial charge on any atom is -0.271 e. The van der Waals surface area contributed by atoms with Crippen LogP contribution in [0.5, 0.6) is 0 Å². The topological polar surface area (TPSA) is 38.0 Å². The van der Waals surface area contributed by atoms with Gasteiger partial charge in [-0.2, -0.15) is 0 Å². The molecule has 1 atom stereocenters. The van der Waals surface area contributed by atoms with Gasteiger partial charge >= 0.3 is 0 Å². The Bertz CT molecular complexity index is 611. The predicted octanol–water partition coefficient (Wildman–Crippen LogP) is 4.96. The van der Waals surface area contributed by atoms with Crippen molar-refractivity contribution in [3.8, 4) is 0 Å². The number of nitrogens with two attached hydrogens (primary N) is 1. The first-order valence-electron chi connectivity index (χ1n) is 7.01. The average Bonchev–Trinajstić information content (AvgIpc) is 2.41. The first kappa shape index (κ1) is 16.7. The van der Waals surface area contributed by atoms with Crippen molar-refractivity contribution >= 4 is 31.9 Å². The van der Waals surface area contributed by atoms with Crippen LogP contribution in [0.15, 0.2) is 51.4 Å². The van der Waals surface area contributed by atoms with E-state index in [4.69, 9.17) is 5.84 Å². The van der Waals surface area contributed by atoms with Gasteiger partial charge in [-0.15, -0.1) is 0 Å². The van der Waals surface area contributed by atoms with Crippen molar-refractivity contribution in [1.29, 1.82) is 0 Å². The SMILES string of the molecule is CC(C)Cc1cccc(C(NN)c2ccc(Br)cc2Br)c1. The molecule has 0 amide bonds. The first-order chi connectivity index (χ1) is 10.0. The number of hydrazine groups is 1. The van der Waals surface area contributed by atoms with Gasteiger partial charge in [0.2, 0.25) is 0 Å². The molecule has 0 radical (unpaired) electrons. The third-order valence-electron chi connectivity index (χ3n) is 3.37. The Balaban J connectivity index is 2.37. The molecule has 0 fully saturated rings. The summed E-state index contributed by atoms with van der Waals surface area (Å²) < 4.78 is 2.08. The van der Waals surface area contributed by atoms with E-state index >= 15 is 0 Å². The molecule has 21 heavy (non-hydrogen) atoms. The summed E-state index contributed by atoms with van der Waals surface area (Å²) in [7, 11) is 0. The Morgan fingerprint density at radius 1 is 1.10 bits per heavy atom. The van der Waals surface area contributed by atoms with Crippen molar-refractivity contribution in [2.24, 2.45) is 11.8 Å². The second-order valence-corrected chi connectivity index (χ2v) is 7.38. The number of nitrogens with one attached hydrogen (secondary N) is 1. The summed E-state index contributed by atoms with van der Waals surface area (Å²) in [4.78, 5) is 0. The summed E-state index contributed by atoms with van der Waals surface area (Å²) in [6.45, 7) is 4.47. The lowest BCUT2D eigenvalue weighted by molar-refractivity contribution is 0.626. The number of hydrogen-bond acceptors (Lipinski definition) is 2. The molecule has 3 N–H and O–H groups in total. The molecule has 0 spiro atoms. The molecule has 0 saturated carbocycles. The molecule has 0 aliphatic carbocycles. The summed E-state index contributed by atoms with van der Waals surface area (Å²) >= 11 is 7.10. The summed E-state index contributed by atoms with van der Waals surface area (Å²) in [5, 5.41) is 0. The van der Waals surface area contributed by atoms with Crippen LogP contribution in [0.1, 0.15) is 36.6 Å². The molecular weight excluding hydrogens is 392 g/mol. The van der Waals surface area contributed by atoms with E-state index in [9.17, 15) is 0 Å². The van der Waals surface area contributed by atoms with Gasteiger partial charge < -0.3 is 0 Å². The van der Waals surface area contributed by atoms with Crippen LogP contribution in [0.4, 0.5) is 0 Å². The number of halogens is 2. The second kappa shape index (κ2) is 7.54. The van der Waals surface area contributed by atoms with Crippen LogP contribution in [-0.4, -0.2) is 0 Å². The zero-order chi connectivity index (χ0) is 15.4. The predicted molar refractivity (Wildman–Crippen MR) is 96.0 cm³/mol. The molecular formula is C17H20Br2N2. The molecule has 0 aliphatic heterocycles. The van der Waals surface area contributed by atoms with E-state index in [1.54, 1.807) is 0 Å². The van der Waals surface area contributed by atoms with Crippen molar-refractivity contribution in [2.75, 3.05) is 0 Å². The van der Waals surface area contributed by atoms with Crippen molar-refractivity contribution in [3.05, 3.63) is 68.1 Å². The molecule has 112 valence electrons. The van der Waals surface area contributed by atoms with Crippen molar-refractivity contribution in [2.45, 2.75) is 26.3 Å². The number of hydrogen-bond donors (Lipinski definition) is 2. The maximum Gasteiger partial charge on any atom is 0.0721 e. The van der Waals surface area contributed by atoms with Gasteiger partial charge in [0.25, 0.3) is 0 Å².